The van der Waals surface area contributed by atoms with Crippen LogP contribution in [0.3, 0.4) is 0 Å². The van der Waals surface area contributed by atoms with Crippen molar-refractivity contribution in [1.29, 1.82) is 10.5 Å². The summed E-state index contributed by atoms with van der Waals surface area (Å²) < 4.78 is 0. The largest absolute Gasteiger partial charge is 0.346 e. The van der Waals surface area contributed by atoms with Crippen LogP contribution in [0.5, 0.6) is 0 Å². The molecule has 6 N–H and O–H groups in total. The first kappa shape index (κ1) is 9.68. The first-order chi connectivity index (χ1) is 6.17. The molecule has 0 saturated heterocycles. The molecule has 0 saturated carbocycles. The van der Waals surface area contributed by atoms with Crippen molar-refractivity contribution >= 4 is 11.8 Å². The van der Waals surface area contributed by atoms with E-state index in [0.717, 1.165) is 0 Å². The van der Waals surface area contributed by atoms with Gasteiger partial charge in [-0.2, -0.15) is 10.5 Å². The topological polar surface area (TPSA) is 124 Å². The lowest BCUT2D eigenvalue weighted by atomic mass is 10.4. The van der Waals surface area contributed by atoms with Gasteiger partial charge in [0.15, 0.2) is 0 Å². The number of hydrogen-bond donors (Lipinski definition) is 4. The smallest absolute Gasteiger partial charge is 0.150 e. The summed E-state index contributed by atoms with van der Waals surface area (Å²) in [7, 11) is 0. The van der Waals surface area contributed by atoms with Crippen LogP contribution in [-0.4, -0.2) is 11.0 Å². The fraction of sp³-hybridized carbons (Fsp3) is 0.333. The minimum absolute atomic E-state index is 0.223. The highest BCUT2D eigenvalue weighted by molar-refractivity contribution is 8.00. The van der Waals surface area contributed by atoms with E-state index in [1.165, 1.54) is 11.8 Å². The molecule has 0 spiro atoms. The van der Waals surface area contributed by atoms with E-state index in [0.29, 0.717) is 0 Å². The van der Waals surface area contributed by atoms with Crippen molar-refractivity contribution in [3.05, 3.63) is 11.4 Å². The maximum Gasteiger partial charge on any atom is 0.150 e. The van der Waals surface area contributed by atoms with Crippen molar-refractivity contribution < 1.29 is 0 Å². The molecule has 1 rings (SSSR count). The van der Waals surface area contributed by atoms with Gasteiger partial charge in [-0.3, -0.25) is 0 Å². The monoisotopic (exact) mass is 196 g/mol. The van der Waals surface area contributed by atoms with E-state index in [1.54, 1.807) is 0 Å². The Hall–Kier alpha value is -1.41. The van der Waals surface area contributed by atoms with Crippen LogP contribution >= 0.6 is 11.8 Å². The zero-order valence-corrected chi connectivity index (χ0v) is 7.43. The second-order valence-corrected chi connectivity index (χ2v) is 3.53. The molecule has 1 heterocycles. The molecule has 68 valence electrons. The second kappa shape index (κ2) is 4.01. The van der Waals surface area contributed by atoms with Crippen LogP contribution in [0.4, 0.5) is 0 Å². The molecule has 1 aliphatic heterocycles. The summed E-state index contributed by atoms with van der Waals surface area (Å²) in [5.74, 6) is 0. The van der Waals surface area contributed by atoms with Gasteiger partial charge in [-0.15, -0.1) is 0 Å². The van der Waals surface area contributed by atoms with Gasteiger partial charge in [0.2, 0.25) is 0 Å². The van der Waals surface area contributed by atoms with E-state index in [-0.39, 0.29) is 16.9 Å². The molecule has 1 aliphatic rings. The van der Waals surface area contributed by atoms with Gasteiger partial charge in [-0.25, -0.2) is 0 Å². The zero-order valence-electron chi connectivity index (χ0n) is 6.61. The summed E-state index contributed by atoms with van der Waals surface area (Å²) in [5.41, 5.74) is 10.2. The van der Waals surface area contributed by atoms with Crippen molar-refractivity contribution in [2.75, 3.05) is 0 Å². The van der Waals surface area contributed by atoms with Gasteiger partial charge in [0, 0.05) is 0 Å². The molecule has 0 unspecified atom stereocenters. The molecule has 13 heavy (non-hydrogen) atoms. The highest BCUT2D eigenvalue weighted by Gasteiger charge is 2.23. The molecular weight excluding hydrogens is 188 g/mol. The van der Waals surface area contributed by atoms with Crippen molar-refractivity contribution in [3.8, 4) is 12.1 Å². The van der Waals surface area contributed by atoms with E-state index in [1.807, 2.05) is 12.1 Å². The van der Waals surface area contributed by atoms with Crippen molar-refractivity contribution in [1.82, 2.24) is 10.6 Å². The van der Waals surface area contributed by atoms with Gasteiger partial charge in [-0.05, 0) is 0 Å². The molecule has 0 bridgehead atoms. The van der Waals surface area contributed by atoms with E-state index in [4.69, 9.17) is 22.0 Å². The Morgan fingerprint density at radius 2 is 1.69 bits per heavy atom. The third-order valence-electron chi connectivity index (χ3n) is 1.32. The number of nitrogens with one attached hydrogen (secondary N) is 2. The lowest BCUT2D eigenvalue weighted by molar-refractivity contribution is 0.744. The van der Waals surface area contributed by atoms with Crippen molar-refractivity contribution in [3.63, 3.8) is 0 Å². The molecule has 0 amide bonds. The summed E-state index contributed by atoms with van der Waals surface area (Å²) in [6.07, 6.45) is 0. The predicted octanol–water partition coefficient (Wildman–Crippen LogP) is -1.34. The van der Waals surface area contributed by atoms with Crippen LogP contribution in [-0.2, 0) is 0 Å². The normalized spacial score (nSPS) is 16.4. The summed E-state index contributed by atoms with van der Waals surface area (Å²) in [5, 5.41) is 22.7. The number of thioether (sulfide) groups is 1. The molecule has 0 aromatic heterocycles. The van der Waals surface area contributed by atoms with E-state index < -0.39 is 5.50 Å². The Morgan fingerprint density at radius 1 is 1.23 bits per heavy atom. The summed E-state index contributed by atoms with van der Waals surface area (Å²) >= 11 is 1.19. The zero-order chi connectivity index (χ0) is 9.84. The number of hydrogen-bond acceptors (Lipinski definition) is 7. The van der Waals surface area contributed by atoms with Gasteiger partial charge >= 0.3 is 0 Å². The van der Waals surface area contributed by atoms with Crippen LogP contribution in [0.1, 0.15) is 0 Å². The number of nitrogens with two attached hydrogens (primary N) is 2. The van der Waals surface area contributed by atoms with Crippen LogP contribution in [0.25, 0.3) is 0 Å². The second-order valence-electron chi connectivity index (χ2n) is 2.24. The third-order valence-corrected chi connectivity index (χ3v) is 2.14. The highest BCUT2D eigenvalue weighted by Crippen LogP contribution is 2.15. The van der Waals surface area contributed by atoms with Gasteiger partial charge in [0.1, 0.15) is 34.5 Å². The molecule has 6 nitrogen and oxygen atoms in total. The minimum Gasteiger partial charge on any atom is -0.346 e. The number of rotatable bonds is 2. The van der Waals surface area contributed by atoms with Gasteiger partial charge < -0.3 is 22.1 Å². The maximum absolute atomic E-state index is 8.59. The maximum atomic E-state index is 8.59. The van der Waals surface area contributed by atoms with Crippen LogP contribution in [0.2, 0.25) is 0 Å². The fourth-order valence-electron chi connectivity index (χ4n) is 0.844. The first-order valence-electron chi connectivity index (χ1n) is 3.41. The van der Waals surface area contributed by atoms with E-state index in [2.05, 4.69) is 10.6 Å². The predicted molar refractivity (Wildman–Crippen MR) is 48.1 cm³/mol. The molecular formula is C6H8N6S. The average Bonchev–Trinajstić information content (AvgIpc) is 2.45. The summed E-state index contributed by atoms with van der Waals surface area (Å²) in [6, 6.07) is 3.71. The molecule has 0 aromatic carbocycles. The molecule has 7 heteroatoms. The molecule has 0 radical (unpaired) electrons. The Labute approximate surface area is 79.6 Å². The molecule has 0 aromatic rings. The fourth-order valence-corrected chi connectivity index (χ4v) is 1.53. The number of nitriles is 2. The first-order valence-corrected chi connectivity index (χ1v) is 4.36. The number of allylic oxidation sites excluding steroid dienone is 2. The van der Waals surface area contributed by atoms with Crippen molar-refractivity contribution in [2.24, 2.45) is 11.5 Å². The van der Waals surface area contributed by atoms with Crippen LogP contribution < -0.4 is 22.1 Å². The quantitative estimate of drug-likeness (QED) is 0.403. The summed E-state index contributed by atoms with van der Waals surface area (Å²) in [6.45, 7) is 0. The molecule has 0 aliphatic carbocycles. The molecule has 0 fully saturated rings. The van der Waals surface area contributed by atoms with E-state index in [9.17, 15) is 0 Å². The summed E-state index contributed by atoms with van der Waals surface area (Å²) in [4.78, 5) is 0. The van der Waals surface area contributed by atoms with Crippen LogP contribution in [0, 0.1) is 22.7 Å². The molecule has 0 atom stereocenters. The Morgan fingerprint density at radius 3 is 2.00 bits per heavy atom. The Balaban J connectivity index is 2.60. The van der Waals surface area contributed by atoms with Gasteiger partial charge in [-0.1, -0.05) is 11.8 Å². The minimum atomic E-state index is -0.553. The van der Waals surface area contributed by atoms with Crippen LogP contribution in [0.15, 0.2) is 11.4 Å². The standard InChI is InChI=1S/C6H8N6S/c7-1-3-4(2-8)12-6(11-3)13-5(9)10/h5-6,11-12H,9-10H2. The van der Waals surface area contributed by atoms with Gasteiger partial charge in [0.05, 0.1) is 0 Å². The van der Waals surface area contributed by atoms with E-state index >= 15 is 0 Å². The lowest BCUT2D eigenvalue weighted by Crippen LogP contribution is -2.37. The van der Waals surface area contributed by atoms with Gasteiger partial charge in [0.25, 0.3) is 0 Å². The Bertz CT molecular complexity index is 282. The van der Waals surface area contributed by atoms with Crippen molar-refractivity contribution in [2.45, 2.75) is 11.0 Å². The third kappa shape index (κ3) is 2.26. The SMILES string of the molecule is N#CC1=C(C#N)NC(SC(N)N)N1. The average molecular weight is 196 g/mol. The Kier molecular flexibility index (Phi) is 2.98. The number of nitrogens with zero attached hydrogens (tertiary/aromatic N) is 2. The lowest BCUT2D eigenvalue weighted by Gasteiger charge is -2.13. The highest BCUT2D eigenvalue weighted by atomic mass is 32.2.